The number of aromatic nitrogens is 4. The van der Waals surface area contributed by atoms with Crippen LogP contribution >= 0.6 is 0 Å². The van der Waals surface area contributed by atoms with Crippen LogP contribution in [-0.2, 0) is 6.54 Å². The first-order chi connectivity index (χ1) is 13.8. The van der Waals surface area contributed by atoms with E-state index in [-0.39, 0.29) is 34.4 Å². The van der Waals surface area contributed by atoms with E-state index < -0.39 is 23.3 Å². The number of halogens is 4. The standard InChI is InChI=1S/C19H14F4N6/c1-10-27-17-18(24)28(26-8-11-2-3-12(20)6-14(11)22)9-25-19(17)29(10)16-5-4-13(21)7-15(16)23/h2-7,9,24,26H,8H2,1H3. The first kappa shape index (κ1) is 18.7. The third kappa shape index (κ3) is 3.33. The highest BCUT2D eigenvalue weighted by atomic mass is 19.1. The van der Waals surface area contributed by atoms with Crippen LogP contribution in [0, 0.1) is 35.6 Å². The minimum atomic E-state index is -0.789. The SMILES string of the molecule is Cc1nc2c(=N)n(NCc3ccc(F)cc3F)cnc2n1-c1ccc(F)cc1F. The molecule has 29 heavy (non-hydrogen) atoms. The monoisotopic (exact) mass is 402 g/mol. The molecule has 4 aromatic rings. The molecule has 0 aliphatic rings. The Morgan fingerprint density at radius 1 is 1.00 bits per heavy atom. The summed E-state index contributed by atoms with van der Waals surface area (Å²) in [6, 6.07) is 6.34. The fourth-order valence-electron chi connectivity index (χ4n) is 2.99. The molecule has 0 aliphatic carbocycles. The van der Waals surface area contributed by atoms with Crippen molar-refractivity contribution in [1.82, 2.24) is 19.2 Å². The number of benzene rings is 2. The van der Waals surface area contributed by atoms with Gasteiger partial charge < -0.3 is 5.43 Å². The van der Waals surface area contributed by atoms with Crippen molar-refractivity contribution in [3.05, 3.63) is 82.9 Å². The normalized spacial score (nSPS) is 11.2. The summed E-state index contributed by atoms with van der Waals surface area (Å²) in [4.78, 5) is 8.48. The summed E-state index contributed by atoms with van der Waals surface area (Å²) in [5, 5.41) is 8.33. The second-order valence-electron chi connectivity index (χ2n) is 6.30. The fourth-order valence-corrected chi connectivity index (χ4v) is 2.99. The average molecular weight is 402 g/mol. The lowest BCUT2D eigenvalue weighted by atomic mass is 10.2. The maximum Gasteiger partial charge on any atom is 0.175 e. The molecule has 0 spiro atoms. The van der Waals surface area contributed by atoms with Crippen LogP contribution in [0.5, 0.6) is 0 Å². The molecule has 10 heteroatoms. The van der Waals surface area contributed by atoms with Crippen LogP contribution in [0.3, 0.4) is 0 Å². The molecule has 4 rings (SSSR count). The van der Waals surface area contributed by atoms with Gasteiger partial charge >= 0.3 is 0 Å². The highest BCUT2D eigenvalue weighted by Gasteiger charge is 2.16. The topological polar surface area (TPSA) is 71.5 Å². The van der Waals surface area contributed by atoms with Crippen molar-refractivity contribution in [3.63, 3.8) is 0 Å². The quantitative estimate of drug-likeness (QED) is 0.515. The highest BCUT2D eigenvalue weighted by molar-refractivity contribution is 5.72. The van der Waals surface area contributed by atoms with Gasteiger partial charge in [0.05, 0.1) is 12.2 Å². The van der Waals surface area contributed by atoms with Crippen molar-refractivity contribution in [1.29, 1.82) is 5.41 Å². The van der Waals surface area contributed by atoms with Crippen LogP contribution < -0.4 is 10.9 Å². The van der Waals surface area contributed by atoms with Crippen LogP contribution in [0.15, 0.2) is 42.7 Å². The van der Waals surface area contributed by atoms with Gasteiger partial charge in [-0.2, -0.15) is 0 Å². The molecule has 0 bridgehead atoms. The summed E-state index contributed by atoms with van der Waals surface area (Å²) in [5.74, 6) is -2.54. The van der Waals surface area contributed by atoms with Crippen molar-refractivity contribution in [2.24, 2.45) is 0 Å². The Labute approximate surface area is 161 Å². The second kappa shape index (κ2) is 7.04. The number of imidazole rings is 1. The summed E-state index contributed by atoms with van der Waals surface area (Å²) >= 11 is 0. The largest absolute Gasteiger partial charge is 0.318 e. The van der Waals surface area contributed by atoms with Gasteiger partial charge in [-0.15, -0.1) is 0 Å². The number of rotatable bonds is 4. The van der Waals surface area contributed by atoms with Crippen molar-refractivity contribution >= 4 is 11.2 Å². The van der Waals surface area contributed by atoms with Crippen LogP contribution in [0.1, 0.15) is 11.4 Å². The van der Waals surface area contributed by atoms with Crippen LogP contribution in [0.2, 0.25) is 0 Å². The lowest BCUT2D eigenvalue weighted by Gasteiger charge is -2.11. The van der Waals surface area contributed by atoms with E-state index in [1.807, 2.05) is 0 Å². The zero-order valence-electron chi connectivity index (χ0n) is 15.0. The number of nitrogens with one attached hydrogen (secondary N) is 2. The molecule has 0 amide bonds. The minimum Gasteiger partial charge on any atom is -0.318 e. The number of nitrogens with zero attached hydrogens (tertiary/aromatic N) is 4. The molecule has 148 valence electrons. The molecule has 2 N–H and O–H groups in total. The molecule has 0 saturated carbocycles. The Bertz CT molecular complexity index is 1290. The summed E-state index contributed by atoms with van der Waals surface area (Å²) in [5.41, 5.74) is 3.34. The Morgan fingerprint density at radius 2 is 1.69 bits per heavy atom. The molecule has 2 aromatic heterocycles. The average Bonchev–Trinajstić information content (AvgIpc) is 2.99. The van der Waals surface area contributed by atoms with Gasteiger partial charge in [0.1, 0.15) is 35.4 Å². The maximum atomic E-state index is 14.2. The zero-order valence-corrected chi connectivity index (χ0v) is 15.0. The molecule has 2 heterocycles. The van der Waals surface area contributed by atoms with Crippen molar-refractivity contribution in [2.75, 3.05) is 5.43 Å². The maximum absolute atomic E-state index is 14.2. The van der Waals surface area contributed by atoms with E-state index in [1.165, 1.54) is 27.7 Å². The van der Waals surface area contributed by atoms with Gasteiger partial charge in [-0.25, -0.2) is 32.2 Å². The predicted octanol–water partition coefficient (Wildman–Crippen LogP) is 3.31. The summed E-state index contributed by atoms with van der Waals surface area (Å²) in [7, 11) is 0. The molecule has 0 radical (unpaired) electrons. The first-order valence-corrected chi connectivity index (χ1v) is 8.49. The Hall–Kier alpha value is -3.69. The third-order valence-corrected chi connectivity index (χ3v) is 4.39. The molecular formula is C19H14F4N6. The second-order valence-corrected chi connectivity index (χ2v) is 6.30. The van der Waals surface area contributed by atoms with Gasteiger partial charge in [0, 0.05) is 17.7 Å². The summed E-state index contributed by atoms with van der Waals surface area (Å²) < 4.78 is 56.9. The zero-order chi connectivity index (χ0) is 20.7. The van der Waals surface area contributed by atoms with Gasteiger partial charge in [-0.05, 0) is 25.1 Å². The molecule has 6 nitrogen and oxygen atoms in total. The van der Waals surface area contributed by atoms with Gasteiger partial charge in [0.25, 0.3) is 0 Å². The molecule has 0 atom stereocenters. The third-order valence-electron chi connectivity index (χ3n) is 4.39. The van der Waals surface area contributed by atoms with Crippen molar-refractivity contribution in [3.8, 4) is 5.69 Å². The fraction of sp³-hybridized carbons (Fsp3) is 0.105. The lowest BCUT2D eigenvalue weighted by molar-refractivity contribution is 0.570. The number of hydrogen-bond donors (Lipinski definition) is 2. The lowest BCUT2D eigenvalue weighted by Crippen LogP contribution is -2.29. The number of hydrogen-bond acceptors (Lipinski definition) is 4. The van der Waals surface area contributed by atoms with E-state index in [0.717, 1.165) is 24.3 Å². The van der Waals surface area contributed by atoms with E-state index in [9.17, 15) is 17.6 Å². The van der Waals surface area contributed by atoms with Crippen LogP contribution in [-0.4, -0.2) is 19.2 Å². The molecule has 0 saturated heterocycles. The van der Waals surface area contributed by atoms with E-state index in [0.29, 0.717) is 5.82 Å². The van der Waals surface area contributed by atoms with Gasteiger partial charge in [0.2, 0.25) is 0 Å². The molecular weight excluding hydrogens is 388 g/mol. The minimum absolute atomic E-state index is 0.0257. The molecule has 0 unspecified atom stereocenters. The van der Waals surface area contributed by atoms with E-state index >= 15 is 0 Å². The van der Waals surface area contributed by atoms with E-state index in [2.05, 4.69) is 15.4 Å². The van der Waals surface area contributed by atoms with Gasteiger partial charge in [-0.3, -0.25) is 9.98 Å². The molecule has 0 aliphatic heterocycles. The van der Waals surface area contributed by atoms with Crippen molar-refractivity contribution < 1.29 is 17.6 Å². The number of aryl methyl sites for hydroxylation is 1. The predicted molar refractivity (Wildman–Crippen MR) is 96.8 cm³/mol. The summed E-state index contributed by atoms with van der Waals surface area (Å²) in [6.07, 6.45) is 1.27. The van der Waals surface area contributed by atoms with Crippen molar-refractivity contribution in [2.45, 2.75) is 13.5 Å². The Morgan fingerprint density at radius 3 is 2.38 bits per heavy atom. The van der Waals surface area contributed by atoms with Crippen LogP contribution in [0.25, 0.3) is 16.9 Å². The van der Waals surface area contributed by atoms with Crippen LogP contribution in [0.4, 0.5) is 17.6 Å². The Balaban J connectivity index is 1.72. The Kier molecular flexibility index (Phi) is 4.53. The smallest absolute Gasteiger partial charge is 0.175 e. The van der Waals surface area contributed by atoms with Gasteiger partial charge in [-0.1, -0.05) is 6.07 Å². The van der Waals surface area contributed by atoms with Gasteiger partial charge in [0.15, 0.2) is 16.7 Å². The molecule has 0 fully saturated rings. The van der Waals surface area contributed by atoms with E-state index in [4.69, 9.17) is 5.41 Å². The molecule has 2 aromatic carbocycles. The highest BCUT2D eigenvalue weighted by Crippen LogP contribution is 2.21. The number of fused-ring (bicyclic) bond motifs is 1. The summed E-state index contributed by atoms with van der Waals surface area (Å²) in [6.45, 7) is 1.58. The first-order valence-electron chi connectivity index (χ1n) is 8.49. The van der Waals surface area contributed by atoms with E-state index in [1.54, 1.807) is 6.92 Å².